The molecule has 0 fully saturated rings. The highest BCUT2D eigenvalue weighted by molar-refractivity contribution is 5.86. The Balaban J connectivity index is 3.97. The molecular weight excluding hydrogens is 764 g/mol. The lowest BCUT2D eigenvalue weighted by molar-refractivity contribution is -0.144. The minimum atomic E-state index is -1.44. The van der Waals surface area contributed by atoms with E-state index in [2.05, 4.69) is 21.3 Å². The molecule has 1 radical (unpaired) electrons. The van der Waals surface area contributed by atoms with Gasteiger partial charge in [0.1, 0.15) is 24.7 Å². The normalized spacial score (nSPS) is 12.4. The number of nitrogens with one attached hydrogen (secondary N) is 4. The second kappa shape index (κ2) is 35.5. The molecule has 0 aromatic carbocycles. The summed E-state index contributed by atoms with van der Waals surface area (Å²) in [6.07, 6.45) is 15.4. The van der Waals surface area contributed by atoms with Crippen molar-refractivity contribution in [1.29, 1.82) is 0 Å². The van der Waals surface area contributed by atoms with Gasteiger partial charge in [-0.2, -0.15) is 0 Å². The summed E-state index contributed by atoms with van der Waals surface area (Å²) in [4.78, 5) is 104. The Hall–Kier alpha value is -4.65. The lowest BCUT2D eigenvalue weighted by Gasteiger charge is -2.16. The maximum atomic E-state index is 12.3. The fourth-order valence-electron chi connectivity index (χ4n) is 5.71. The van der Waals surface area contributed by atoms with Crippen molar-refractivity contribution < 1.29 is 73.1 Å². The predicted molar refractivity (Wildman–Crippen MR) is 208 cm³/mol. The van der Waals surface area contributed by atoms with Crippen LogP contribution >= 0.6 is 0 Å². The van der Waals surface area contributed by atoms with Gasteiger partial charge in [-0.05, 0) is 32.1 Å². The van der Waals surface area contributed by atoms with Crippen LogP contribution in [0.1, 0.15) is 141 Å². The number of hydrogen-bond donors (Lipinski definition) is 8. The molecule has 331 valence electrons. The van der Waals surface area contributed by atoms with Crippen molar-refractivity contribution in [2.75, 3.05) is 33.0 Å². The number of carboxylic acids is 4. The van der Waals surface area contributed by atoms with E-state index >= 15 is 0 Å². The van der Waals surface area contributed by atoms with Crippen LogP contribution in [0.4, 0.5) is 0 Å². The highest BCUT2D eigenvalue weighted by atomic mass is 16.5. The van der Waals surface area contributed by atoms with E-state index in [1.54, 1.807) is 0 Å². The van der Waals surface area contributed by atoms with Crippen molar-refractivity contribution in [3.05, 3.63) is 0 Å². The van der Waals surface area contributed by atoms with E-state index in [1.165, 1.54) is 38.4 Å². The van der Waals surface area contributed by atoms with Crippen molar-refractivity contribution in [1.82, 2.24) is 21.3 Å². The molecule has 4 amide bonds. The quantitative estimate of drug-likeness (QED) is 0.0412. The molecule has 0 rings (SSSR count). The fourth-order valence-corrected chi connectivity index (χ4v) is 5.71. The maximum absolute atomic E-state index is 12.3. The molecule has 0 saturated heterocycles. The lowest BCUT2D eigenvalue weighted by Crippen LogP contribution is -2.44. The molecule has 19 nitrogen and oxygen atoms in total. The van der Waals surface area contributed by atoms with Crippen molar-refractivity contribution in [3.63, 3.8) is 0 Å². The number of rotatable bonds is 40. The summed E-state index contributed by atoms with van der Waals surface area (Å²) in [5.41, 5.74) is 0. The van der Waals surface area contributed by atoms with Crippen LogP contribution in [-0.2, 0) is 52.6 Å². The third kappa shape index (κ3) is 32.4. The summed E-state index contributed by atoms with van der Waals surface area (Å²) >= 11 is 0. The SMILES string of the molecule is O=[C]CC[C@H](NC(=O)CC[C@H](NC(=O)COCCOCCNC(=O)CC[C@H](NC(=O)CCCCCCCCCCCCCCCCC(=O)O)C(=O)O)C(=O)O)C(=O)O. The van der Waals surface area contributed by atoms with Crippen LogP contribution in [0.15, 0.2) is 0 Å². The first-order valence-electron chi connectivity index (χ1n) is 20.3. The van der Waals surface area contributed by atoms with Crippen molar-refractivity contribution in [3.8, 4) is 0 Å². The first kappa shape index (κ1) is 53.4. The van der Waals surface area contributed by atoms with Crippen LogP contribution in [0.25, 0.3) is 0 Å². The molecule has 19 heteroatoms. The standard InChI is InChI=1S/C39H65N4O15/c44-24-15-16-29(37(51)52)41-34(47)22-20-31(39(55)56)43-35(48)28-58-27-26-57-25-23-40-32(45)21-19-30(38(53)54)42-33(46)17-13-11-9-7-5-3-1-2-4-6-8-10-12-14-18-36(49)50/h29-31H,1-23,25-28H2,(H,40,45)(H,41,47)(H,42,46)(H,43,48)(H,49,50)(H,51,52)(H,53,54)(H,55,56)/t29-,30-,31-/m0/s1. The van der Waals surface area contributed by atoms with Gasteiger partial charge in [0, 0.05) is 38.6 Å². The van der Waals surface area contributed by atoms with Gasteiger partial charge < -0.3 is 51.2 Å². The molecule has 0 heterocycles. The monoisotopic (exact) mass is 829 g/mol. The molecule has 58 heavy (non-hydrogen) atoms. The van der Waals surface area contributed by atoms with Crippen molar-refractivity contribution in [2.24, 2.45) is 0 Å². The summed E-state index contributed by atoms with van der Waals surface area (Å²) in [5.74, 6) is -7.07. The molecule has 0 aliphatic heterocycles. The summed E-state index contributed by atoms with van der Waals surface area (Å²) < 4.78 is 10.5. The van der Waals surface area contributed by atoms with Gasteiger partial charge in [-0.25, -0.2) is 14.4 Å². The van der Waals surface area contributed by atoms with Gasteiger partial charge in [0.25, 0.3) is 0 Å². The Kier molecular flexibility index (Phi) is 32.7. The smallest absolute Gasteiger partial charge is 0.326 e. The van der Waals surface area contributed by atoms with Crippen LogP contribution < -0.4 is 21.3 Å². The van der Waals surface area contributed by atoms with Crippen LogP contribution in [0.5, 0.6) is 0 Å². The van der Waals surface area contributed by atoms with Gasteiger partial charge in [-0.15, -0.1) is 0 Å². The molecule has 0 aromatic heterocycles. The number of aliphatic carboxylic acids is 4. The molecule has 3 atom stereocenters. The molecule has 0 aliphatic rings. The minimum Gasteiger partial charge on any atom is -0.481 e. The van der Waals surface area contributed by atoms with Crippen LogP contribution in [0, 0.1) is 0 Å². The average Bonchev–Trinajstić information content (AvgIpc) is 3.16. The Bertz CT molecular complexity index is 1250. The van der Waals surface area contributed by atoms with Crippen LogP contribution in [-0.4, -0.2) is 125 Å². The van der Waals surface area contributed by atoms with Gasteiger partial charge in [0.2, 0.25) is 23.6 Å². The summed E-state index contributed by atoms with van der Waals surface area (Å²) in [5, 5.41) is 46.0. The highest BCUT2D eigenvalue weighted by Crippen LogP contribution is 2.14. The Morgan fingerprint density at radius 1 is 0.448 bits per heavy atom. The van der Waals surface area contributed by atoms with E-state index in [0.717, 1.165) is 51.4 Å². The lowest BCUT2D eigenvalue weighted by atomic mass is 10.0. The van der Waals surface area contributed by atoms with E-state index in [9.17, 15) is 53.4 Å². The first-order valence-corrected chi connectivity index (χ1v) is 20.3. The van der Waals surface area contributed by atoms with E-state index in [-0.39, 0.29) is 77.2 Å². The summed E-state index contributed by atoms with van der Waals surface area (Å²) in [6, 6.07) is -3.97. The zero-order valence-electron chi connectivity index (χ0n) is 33.6. The molecule has 0 bridgehead atoms. The first-order chi connectivity index (χ1) is 27.8. The molecule has 8 N–H and O–H groups in total. The molecule has 0 unspecified atom stereocenters. The maximum Gasteiger partial charge on any atom is 0.326 e. The Morgan fingerprint density at radius 2 is 0.845 bits per heavy atom. The second-order valence-corrected chi connectivity index (χ2v) is 14.0. The number of carboxylic acid groups (broad SMARTS) is 4. The van der Waals surface area contributed by atoms with E-state index in [1.807, 2.05) is 0 Å². The van der Waals surface area contributed by atoms with Crippen LogP contribution in [0.2, 0.25) is 0 Å². The van der Waals surface area contributed by atoms with E-state index < -0.39 is 72.8 Å². The Morgan fingerprint density at radius 3 is 1.31 bits per heavy atom. The zero-order chi connectivity index (χ0) is 43.4. The second-order valence-electron chi connectivity index (χ2n) is 14.0. The summed E-state index contributed by atoms with van der Waals surface area (Å²) in [6.45, 7) is -0.324. The topological polar surface area (TPSA) is 301 Å². The number of carbonyl (C=O) groups excluding carboxylic acids is 5. The van der Waals surface area contributed by atoms with E-state index in [0.29, 0.717) is 6.42 Å². The number of ether oxygens (including phenoxy) is 2. The largest absolute Gasteiger partial charge is 0.481 e. The third-order valence-electron chi connectivity index (χ3n) is 8.97. The molecule has 0 aromatic rings. The average molecular weight is 830 g/mol. The third-order valence-corrected chi connectivity index (χ3v) is 8.97. The highest BCUT2D eigenvalue weighted by Gasteiger charge is 2.24. The molecule has 0 aliphatic carbocycles. The van der Waals surface area contributed by atoms with Gasteiger partial charge in [-0.1, -0.05) is 77.0 Å². The van der Waals surface area contributed by atoms with Crippen molar-refractivity contribution >= 4 is 53.8 Å². The van der Waals surface area contributed by atoms with Crippen molar-refractivity contribution in [2.45, 2.75) is 159 Å². The fraction of sp³-hybridized carbons (Fsp3) is 0.769. The summed E-state index contributed by atoms with van der Waals surface area (Å²) in [7, 11) is 0. The van der Waals surface area contributed by atoms with Crippen LogP contribution in [0.3, 0.4) is 0 Å². The number of hydrogen-bond acceptors (Lipinski definition) is 11. The molecule has 0 saturated carbocycles. The number of unbranched alkanes of at least 4 members (excludes halogenated alkanes) is 13. The number of amides is 4. The molecular formula is C39H65N4O15. The Labute approximate surface area is 340 Å². The van der Waals surface area contributed by atoms with Gasteiger partial charge in [0.15, 0.2) is 6.29 Å². The zero-order valence-corrected chi connectivity index (χ0v) is 33.6. The van der Waals surface area contributed by atoms with Gasteiger partial charge >= 0.3 is 23.9 Å². The van der Waals surface area contributed by atoms with E-state index in [4.69, 9.17) is 19.7 Å². The predicted octanol–water partition coefficient (Wildman–Crippen LogP) is 2.62. The number of carbonyl (C=O) groups is 8. The van der Waals surface area contributed by atoms with Gasteiger partial charge in [0.05, 0.1) is 19.8 Å². The van der Waals surface area contributed by atoms with Gasteiger partial charge in [-0.3, -0.25) is 28.8 Å². The molecule has 0 spiro atoms. The minimum absolute atomic E-state index is 0.0349.